The van der Waals surface area contributed by atoms with Crippen LogP contribution in [0.5, 0.6) is 0 Å². The minimum atomic E-state index is -1.26. The summed E-state index contributed by atoms with van der Waals surface area (Å²) in [5, 5.41) is 22.5. The SMILES string of the molecule is NC1CCCCC1n1ncc2ccc3occc3c21.O=C(O)/C=C/C(=O)O. The molecular formula is C19H21N3O5. The highest BCUT2D eigenvalue weighted by atomic mass is 16.4. The zero-order chi connectivity index (χ0) is 19.4. The Morgan fingerprint density at radius 2 is 1.85 bits per heavy atom. The fraction of sp³-hybridized carbons (Fsp3) is 0.316. The lowest BCUT2D eigenvalue weighted by atomic mass is 9.91. The van der Waals surface area contributed by atoms with E-state index in [9.17, 15) is 9.59 Å². The van der Waals surface area contributed by atoms with Crippen LogP contribution >= 0.6 is 0 Å². The second-order valence-electron chi connectivity index (χ2n) is 6.45. The van der Waals surface area contributed by atoms with Crippen molar-refractivity contribution in [3.05, 3.63) is 42.8 Å². The Hall–Kier alpha value is -3.13. The van der Waals surface area contributed by atoms with Crippen molar-refractivity contribution in [3.63, 3.8) is 0 Å². The number of hydrogen-bond acceptors (Lipinski definition) is 5. The first kappa shape index (κ1) is 18.7. The maximum atomic E-state index is 9.55. The molecular weight excluding hydrogens is 350 g/mol. The third-order valence-electron chi connectivity index (χ3n) is 4.65. The average molecular weight is 371 g/mol. The minimum Gasteiger partial charge on any atom is -0.478 e. The second-order valence-corrected chi connectivity index (χ2v) is 6.45. The second kappa shape index (κ2) is 8.05. The van der Waals surface area contributed by atoms with Gasteiger partial charge in [0.05, 0.1) is 24.0 Å². The number of nitrogens with two attached hydrogens (primary N) is 1. The molecule has 3 aromatic rings. The van der Waals surface area contributed by atoms with E-state index in [2.05, 4.69) is 15.8 Å². The van der Waals surface area contributed by atoms with Crippen molar-refractivity contribution < 1.29 is 24.2 Å². The Kier molecular flexibility index (Phi) is 5.56. The monoisotopic (exact) mass is 371 g/mol. The number of rotatable bonds is 3. The summed E-state index contributed by atoms with van der Waals surface area (Å²) in [5.41, 5.74) is 8.37. The summed E-state index contributed by atoms with van der Waals surface area (Å²) in [7, 11) is 0. The van der Waals surface area contributed by atoms with Crippen LogP contribution in [-0.2, 0) is 9.59 Å². The lowest BCUT2D eigenvalue weighted by Crippen LogP contribution is -2.35. The van der Waals surface area contributed by atoms with E-state index < -0.39 is 11.9 Å². The van der Waals surface area contributed by atoms with Gasteiger partial charge < -0.3 is 20.4 Å². The summed E-state index contributed by atoms with van der Waals surface area (Å²) in [6.45, 7) is 0. The number of carboxylic acid groups (broad SMARTS) is 2. The van der Waals surface area contributed by atoms with Crippen LogP contribution in [0.25, 0.3) is 21.9 Å². The quantitative estimate of drug-likeness (QED) is 0.603. The largest absolute Gasteiger partial charge is 0.478 e. The van der Waals surface area contributed by atoms with Gasteiger partial charge in [-0.2, -0.15) is 5.10 Å². The van der Waals surface area contributed by atoms with Gasteiger partial charge in [-0.05, 0) is 31.0 Å². The van der Waals surface area contributed by atoms with Crippen molar-refractivity contribution in [2.75, 3.05) is 0 Å². The number of fused-ring (bicyclic) bond motifs is 3. The molecule has 0 bridgehead atoms. The number of aromatic nitrogens is 2. The summed E-state index contributed by atoms with van der Waals surface area (Å²) < 4.78 is 7.61. The highest BCUT2D eigenvalue weighted by Crippen LogP contribution is 2.33. The van der Waals surface area contributed by atoms with E-state index in [1.165, 1.54) is 12.8 Å². The van der Waals surface area contributed by atoms with Gasteiger partial charge >= 0.3 is 11.9 Å². The highest BCUT2D eigenvalue weighted by Gasteiger charge is 2.26. The summed E-state index contributed by atoms with van der Waals surface area (Å²) in [6.07, 6.45) is 9.47. The van der Waals surface area contributed by atoms with Gasteiger partial charge in [0.2, 0.25) is 0 Å². The van der Waals surface area contributed by atoms with Crippen LogP contribution in [0.3, 0.4) is 0 Å². The van der Waals surface area contributed by atoms with Crippen molar-refractivity contribution in [1.29, 1.82) is 0 Å². The summed E-state index contributed by atoms with van der Waals surface area (Å²) in [6, 6.07) is 6.61. The number of nitrogens with zero attached hydrogens (tertiary/aromatic N) is 2. The topological polar surface area (TPSA) is 132 Å². The molecule has 1 aliphatic rings. The molecule has 0 amide bonds. The van der Waals surface area contributed by atoms with Gasteiger partial charge in [0.15, 0.2) is 0 Å². The van der Waals surface area contributed by atoms with Gasteiger partial charge in [0.1, 0.15) is 5.58 Å². The Bertz CT molecular complexity index is 972. The van der Waals surface area contributed by atoms with Crippen LogP contribution in [0.2, 0.25) is 0 Å². The van der Waals surface area contributed by atoms with Crippen LogP contribution < -0.4 is 5.73 Å². The molecule has 2 atom stereocenters. The van der Waals surface area contributed by atoms with Gasteiger partial charge in [0, 0.05) is 29.0 Å². The molecule has 1 fully saturated rings. The predicted molar refractivity (Wildman–Crippen MR) is 99.4 cm³/mol. The molecule has 1 aliphatic carbocycles. The van der Waals surface area contributed by atoms with Crippen molar-refractivity contribution in [2.45, 2.75) is 37.8 Å². The van der Waals surface area contributed by atoms with E-state index in [1.807, 2.05) is 18.3 Å². The summed E-state index contributed by atoms with van der Waals surface area (Å²) in [5.74, 6) is -2.51. The number of aliphatic carboxylic acids is 2. The van der Waals surface area contributed by atoms with E-state index in [4.69, 9.17) is 20.4 Å². The predicted octanol–water partition coefficient (Wildman–Crippen LogP) is 2.94. The molecule has 27 heavy (non-hydrogen) atoms. The van der Waals surface area contributed by atoms with Crippen molar-refractivity contribution >= 4 is 33.8 Å². The van der Waals surface area contributed by atoms with Gasteiger partial charge in [0.25, 0.3) is 0 Å². The Morgan fingerprint density at radius 3 is 2.52 bits per heavy atom. The van der Waals surface area contributed by atoms with E-state index in [0.717, 1.165) is 34.7 Å². The van der Waals surface area contributed by atoms with Gasteiger partial charge in [-0.15, -0.1) is 0 Å². The fourth-order valence-electron chi connectivity index (χ4n) is 3.43. The third kappa shape index (κ3) is 4.17. The molecule has 2 aromatic heterocycles. The molecule has 0 radical (unpaired) electrons. The van der Waals surface area contributed by atoms with Gasteiger partial charge in [-0.3, -0.25) is 4.68 Å². The van der Waals surface area contributed by atoms with Crippen LogP contribution in [0, 0.1) is 0 Å². The van der Waals surface area contributed by atoms with E-state index in [-0.39, 0.29) is 6.04 Å². The standard InChI is InChI=1S/C15H17N3O.C4H4O4/c16-12-3-1-2-4-13(12)18-15-10(9-17-18)5-6-14-11(15)7-8-19-14;5-3(6)1-2-4(7)8/h5-9,12-13H,1-4,16H2;1-2H,(H,5,6)(H,7,8)/b;2-1+. The first-order valence-electron chi connectivity index (χ1n) is 8.70. The van der Waals surface area contributed by atoms with E-state index in [1.54, 1.807) is 6.26 Å². The van der Waals surface area contributed by atoms with Crippen LogP contribution in [-0.4, -0.2) is 38.0 Å². The molecule has 4 N–H and O–H groups in total. The Labute approximate surface area is 154 Å². The van der Waals surface area contributed by atoms with Crippen LogP contribution in [0.4, 0.5) is 0 Å². The molecule has 0 spiro atoms. The number of carbonyl (C=O) groups is 2. The molecule has 1 saturated carbocycles. The summed E-state index contributed by atoms with van der Waals surface area (Å²) >= 11 is 0. The number of benzene rings is 1. The van der Waals surface area contributed by atoms with Gasteiger partial charge in [-0.1, -0.05) is 12.8 Å². The molecule has 0 saturated heterocycles. The summed E-state index contributed by atoms with van der Waals surface area (Å²) in [4.78, 5) is 19.1. The third-order valence-corrected chi connectivity index (χ3v) is 4.65. The highest BCUT2D eigenvalue weighted by molar-refractivity contribution is 6.03. The molecule has 1 aromatic carbocycles. The number of hydrogen-bond donors (Lipinski definition) is 3. The molecule has 2 heterocycles. The zero-order valence-electron chi connectivity index (χ0n) is 14.6. The first-order chi connectivity index (χ1) is 13.0. The van der Waals surface area contributed by atoms with Crippen LogP contribution in [0.15, 0.2) is 47.2 Å². The molecule has 2 unspecified atom stereocenters. The Balaban J connectivity index is 0.000000226. The average Bonchev–Trinajstić information content (AvgIpc) is 3.27. The molecule has 0 aliphatic heterocycles. The minimum absolute atomic E-state index is 0.207. The fourth-order valence-corrected chi connectivity index (χ4v) is 3.43. The van der Waals surface area contributed by atoms with Crippen molar-refractivity contribution in [3.8, 4) is 0 Å². The molecule has 4 rings (SSSR count). The lowest BCUT2D eigenvalue weighted by Gasteiger charge is -2.29. The normalized spacial score (nSPS) is 19.9. The first-order valence-corrected chi connectivity index (χ1v) is 8.70. The number of furan rings is 1. The lowest BCUT2D eigenvalue weighted by molar-refractivity contribution is -0.134. The smallest absolute Gasteiger partial charge is 0.328 e. The zero-order valence-corrected chi connectivity index (χ0v) is 14.6. The number of carboxylic acids is 2. The maximum Gasteiger partial charge on any atom is 0.328 e. The Morgan fingerprint density at radius 1 is 1.15 bits per heavy atom. The van der Waals surface area contributed by atoms with Crippen molar-refractivity contribution in [1.82, 2.24) is 9.78 Å². The van der Waals surface area contributed by atoms with Crippen molar-refractivity contribution in [2.24, 2.45) is 5.73 Å². The van der Waals surface area contributed by atoms with E-state index >= 15 is 0 Å². The van der Waals surface area contributed by atoms with Crippen LogP contribution in [0.1, 0.15) is 31.7 Å². The molecule has 142 valence electrons. The maximum absolute atomic E-state index is 9.55. The van der Waals surface area contributed by atoms with E-state index in [0.29, 0.717) is 18.2 Å². The molecule has 8 nitrogen and oxygen atoms in total. The molecule has 8 heteroatoms. The van der Waals surface area contributed by atoms with Gasteiger partial charge in [-0.25, -0.2) is 9.59 Å².